The molecule has 36 heavy (non-hydrogen) atoms. The number of benzene rings is 3. The first kappa shape index (κ1) is 24.0. The Morgan fingerprint density at radius 1 is 1.03 bits per heavy atom. The summed E-state index contributed by atoms with van der Waals surface area (Å²) in [4.78, 5) is 34.9. The molecule has 0 aliphatic carbocycles. The van der Waals surface area contributed by atoms with Crippen molar-refractivity contribution in [2.75, 3.05) is 23.8 Å². The molecule has 3 aromatic carbocycles. The lowest BCUT2D eigenvalue weighted by atomic mass is 10.2. The minimum Gasteiger partial charge on any atom is -0.384 e. The zero-order chi connectivity index (χ0) is 25.2. The van der Waals surface area contributed by atoms with Crippen molar-refractivity contribution in [3.63, 3.8) is 0 Å². The molecule has 0 spiro atoms. The van der Waals surface area contributed by atoms with Gasteiger partial charge in [-0.25, -0.2) is 4.99 Å². The zero-order valence-electron chi connectivity index (χ0n) is 19.7. The molecular weight excluding hydrogens is 494 g/mol. The van der Waals surface area contributed by atoms with Gasteiger partial charge in [0.15, 0.2) is 5.17 Å². The van der Waals surface area contributed by atoms with Crippen molar-refractivity contribution in [2.24, 2.45) is 4.99 Å². The molecule has 0 bridgehead atoms. The summed E-state index contributed by atoms with van der Waals surface area (Å²) in [6.07, 6.45) is 0. The summed E-state index contributed by atoms with van der Waals surface area (Å²) in [5, 5.41) is 16.0. The standard InChI is InChI=1S/C26H23N5O3S2/c1-3-27-19-14-13-18(31(33)34)15-20(19)28-26-30(16-17-9-5-4-6-10-17)24(32)23(36-26)25-29(2)21-11-7-8-12-22(21)35-25/h4-15,27H,3,16H2,1-2H3/b25-23-,28-26?. The first-order valence-electron chi connectivity index (χ1n) is 11.4. The van der Waals surface area contributed by atoms with Gasteiger partial charge in [0.25, 0.3) is 11.6 Å². The summed E-state index contributed by atoms with van der Waals surface area (Å²) >= 11 is 2.86. The van der Waals surface area contributed by atoms with Gasteiger partial charge < -0.3 is 10.2 Å². The minimum atomic E-state index is -0.442. The number of non-ortho nitro benzene ring substituents is 1. The lowest BCUT2D eigenvalue weighted by Crippen LogP contribution is -2.29. The van der Waals surface area contributed by atoms with E-state index in [4.69, 9.17) is 4.99 Å². The monoisotopic (exact) mass is 517 g/mol. The van der Waals surface area contributed by atoms with Crippen LogP contribution >= 0.6 is 23.5 Å². The molecule has 0 aromatic heterocycles. The molecule has 10 heteroatoms. The third kappa shape index (κ3) is 4.57. The summed E-state index contributed by atoms with van der Waals surface area (Å²) in [6.45, 7) is 2.92. The van der Waals surface area contributed by atoms with Crippen LogP contribution in [-0.4, -0.2) is 34.5 Å². The summed E-state index contributed by atoms with van der Waals surface area (Å²) in [7, 11) is 1.95. The van der Waals surface area contributed by atoms with Crippen molar-refractivity contribution in [1.82, 2.24) is 4.90 Å². The number of rotatable bonds is 6. The van der Waals surface area contributed by atoms with Gasteiger partial charge >= 0.3 is 0 Å². The van der Waals surface area contributed by atoms with Crippen molar-refractivity contribution >= 4 is 57.3 Å². The van der Waals surface area contributed by atoms with Crippen LogP contribution in [0.25, 0.3) is 0 Å². The number of carbonyl (C=O) groups is 1. The number of amidine groups is 1. The van der Waals surface area contributed by atoms with Crippen molar-refractivity contribution in [3.05, 3.63) is 98.4 Å². The fourth-order valence-electron chi connectivity index (χ4n) is 3.99. The SMILES string of the molecule is CCNc1ccc([N+](=O)[O-])cc1N=C1S/C(=C2\Sc3ccccc3N2C)C(=O)N1Cc1ccccc1. The number of nitrogens with one attached hydrogen (secondary N) is 1. The first-order chi connectivity index (χ1) is 17.5. The van der Waals surface area contributed by atoms with Crippen molar-refractivity contribution in [2.45, 2.75) is 18.4 Å². The second kappa shape index (κ2) is 10.1. The van der Waals surface area contributed by atoms with E-state index >= 15 is 0 Å². The van der Waals surface area contributed by atoms with E-state index in [1.165, 1.54) is 23.9 Å². The number of nitro groups is 1. The van der Waals surface area contributed by atoms with Crippen LogP contribution in [0.2, 0.25) is 0 Å². The molecule has 182 valence electrons. The smallest absolute Gasteiger partial charge is 0.271 e. The second-order valence-corrected chi connectivity index (χ2v) is 10.1. The molecule has 0 saturated carbocycles. The van der Waals surface area contributed by atoms with Gasteiger partial charge in [0.1, 0.15) is 4.91 Å². The van der Waals surface area contributed by atoms with Crippen molar-refractivity contribution in [3.8, 4) is 0 Å². The van der Waals surface area contributed by atoms with Crippen LogP contribution in [0.4, 0.5) is 22.7 Å². The first-order valence-corrected chi connectivity index (χ1v) is 13.0. The highest BCUT2D eigenvalue weighted by Crippen LogP contribution is 2.50. The van der Waals surface area contributed by atoms with Gasteiger partial charge in [-0.2, -0.15) is 0 Å². The second-order valence-electron chi connectivity index (χ2n) is 8.13. The molecule has 1 fully saturated rings. The molecular formula is C26H23N5O3S2. The summed E-state index contributed by atoms with van der Waals surface area (Å²) < 4.78 is 0. The zero-order valence-corrected chi connectivity index (χ0v) is 21.3. The topological polar surface area (TPSA) is 91.1 Å². The Kier molecular flexibility index (Phi) is 6.71. The van der Waals surface area contributed by atoms with Crippen LogP contribution in [0.5, 0.6) is 0 Å². The lowest BCUT2D eigenvalue weighted by molar-refractivity contribution is -0.384. The molecule has 2 heterocycles. The predicted molar refractivity (Wildman–Crippen MR) is 147 cm³/mol. The van der Waals surface area contributed by atoms with E-state index in [0.717, 1.165) is 21.2 Å². The molecule has 8 nitrogen and oxygen atoms in total. The predicted octanol–water partition coefficient (Wildman–Crippen LogP) is 6.20. The van der Waals surface area contributed by atoms with Gasteiger partial charge in [-0.15, -0.1) is 0 Å². The Hall–Kier alpha value is -3.76. The van der Waals surface area contributed by atoms with Gasteiger partial charge in [-0.3, -0.25) is 19.8 Å². The highest BCUT2D eigenvalue weighted by atomic mass is 32.2. The fourth-order valence-corrected chi connectivity index (χ4v) is 6.33. The van der Waals surface area contributed by atoms with Crippen LogP contribution < -0.4 is 10.2 Å². The van der Waals surface area contributed by atoms with Gasteiger partial charge in [0.05, 0.1) is 33.6 Å². The van der Waals surface area contributed by atoms with E-state index in [1.54, 1.807) is 22.7 Å². The quantitative estimate of drug-likeness (QED) is 0.236. The number of hydrogen-bond acceptors (Lipinski definition) is 8. The third-order valence-electron chi connectivity index (χ3n) is 5.75. The Morgan fingerprint density at radius 2 is 1.78 bits per heavy atom. The van der Waals surface area contributed by atoms with E-state index in [9.17, 15) is 14.9 Å². The van der Waals surface area contributed by atoms with Crippen LogP contribution in [0.3, 0.4) is 0 Å². The minimum absolute atomic E-state index is 0.0555. The maximum atomic E-state index is 13.8. The Bertz CT molecular complexity index is 1410. The molecule has 3 aromatic rings. The highest BCUT2D eigenvalue weighted by Gasteiger charge is 2.39. The van der Waals surface area contributed by atoms with Crippen LogP contribution in [-0.2, 0) is 11.3 Å². The summed E-state index contributed by atoms with van der Waals surface area (Å²) in [5.74, 6) is -0.139. The third-order valence-corrected chi connectivity index (χ3v) is 8.19. The molecule has 1 saturated heterocycles. The van der Waals surface area contributed by atoms with Crippen LogP contribution in [0.1, 0.15) is 12.5 Å². The number of nitro benzene ring substituents is 1. The van der Waals surface area contributed by atoms with E-state index < -0.39 is 4.92 Å². The fraction of sp³-hybridized carbons (Fsp3) is 0.154. The average molecular weight is 518 g/mol. The average Bonchev–Trinajstić information content (AvgIpc) is 3.37. The molecule has 2 aliphatic rings. The molecule has 0 radical (unpaired) electrons. The number of hydrogen-bond donors (Lipinski definition) is 1. The maximum Gasteiger partial charge on any atom is 0.271 e. The van der Waals surface area contributed by atoms with Crippen LogP contribution in [0, 0.1) is 10.1 Å². The van der Waals surface area contributed by atoms with Gasteiger partial charge in [-0.1, -0.05) is 54.2 Å². The van der Waals surface area contributed by atoms with E-state index in [2.05, 4.69) is 5.32 Å². The van der Waals surface area contributed by atoms with Crippen molar-refractivity contribution < 1.29 is 9.72 Å². The molecule has 5 rings (SSSR count). The summed E-state index contributed by atoms with van der Waals surface area (Å²) in [6, 6.07) is 22.3. The largest absolute Gasteiger partial charge is 0.384 e. The highest BCUT2D eigenvalue weighted by molar-refractivity contribution is 8.19. The van der Waals surface area contributed by atoms with E-state index in [-0.39, 0.29) is 11.6 Å². The number of para-hydroxylation sites is 1. The number of carbonyl (C=O) groups excluding carboxylic acids is 1. The van der Waals surface area contributed by atoms with Gasteiger partial charge in [0, 0.05) is 30.6 Å². The molecule has 0 atom stereocenters. The van der Waals surface area contributed by atoms with Crippen molar-refractivity contribution in [1.29, 1.82) is 0 Å². The van der Waals surface area contributed by atoms with Crippen LogP contribution in [0.15, 0.2) is 92.6 Å². The van der Waals surface area contributed by atoms with E-state index in [1.807, 2.05) is 73.5 Å². The number of amides is 1. The number of thioether (sulfide) groups is 2. The Balaban J connectivity index is 1.60. The number of aliphatic imine (C=N–C) groups is 1. The van der Waals surface area contributed by atoms with E-state index in [0.29, 0.717) is 34.5 Å². The number of anilines is 2. The maximum absolute atomic E-state index is 13.8. The molecule has 1 N–H and O–H groups in total. The number of fused-ring (bicyclic) bond motifs is 1. The Morgan fingerprint density at radius 3 is 2.50 bits per heavy atom. The normalized spacial score (nSPS) is 18.2. The Labute approximate surface area is 217 Å². The molecule has 2 aliphatic heterocycles. The molecule has 0 unspecified atom stereocenters. The number of nitrogens with zero attached hydrogens (tertiary/aromatic N) is 4. The summed E-state index contributed by atoms with van der Waals surface area (Å²) in [5.41, 5.74) is 3.05. The lowest BCUT2D eigenvalue weighted by Gasteiger charge is -2.17. The molecule has 1 amide bonds. The van der Waals surface area contributed by atoms with Gasteiger partial charge in [0.2, 0.25) is 0 Å². The van der Waals surface area contributed by atoms with Gasteiger partial charge in [-0.05, 0) is 42.4 Å².